The van der Waals surface area contributed by atoms with Gasteiger partial charge in [-0.1, -0.05) is 23.9 Å². The highest BCUT2D eigenvalue weighted by Gasteiger charge is 2.16. The number of aryl methyl sites for hydroxylation is 1. The Labute approximate surface area is 124 Å². The molecule has 0 aromatic carbocycles. The average Bonchev–Trinajstić information content (AvgIpc) is 2.65. The number of H-pyrrole nitrogens is 1. The van der Waals surface area contributed by atoms with Gasteiger partial charge in [0.2, 0.25) is 0 Å². The summed E-state index contributed by atoms with van der Waals surface area (Å²) in [6, 6.07) is 0. The van der Waals surface area contributed by atoms with Gasteiger partial charge in [-0.3, -0.25) is 4.79 Å². The largest absolute Gasteiger partial charge is 0.461 e. The number of carbonyl (C=O) groups excluding carboxylic acids is 2. The normalized spacial score (nSPS) is 11.0. The maximum absolute atomic E-state index is 11.8. The molecule has 0 radical (unpaired) electrons. The second-order valence-corrected chi connectivity index (χ2v) is 5.69. The first kappa shape index (κ1) is 16.6. The molecule has 0 amide bonds. The lowest BCUT2D eigenvalue weighted by Gasteiger charge is -2.00. The molecule has 5 heteroatoms. The fourth-order valence-corrected chi connectivity index (χ4v) is 2.44. The van der Waals surface area contributed by atoms with Crippen LogP contribution in [0.1, 0.15) is 47.6 Å². The number of esters is 1. The van der Waals surface area contributed by atoms with Crippen LogP contribution in [0.3, 0.4) is 0 Å². The van der Waals surface area contributed by atoms with Gasteiger partial charge in [-0.05, 0) is 38.3 Å². The van der Waals surface area contributed by atoms with Gasteiger partial charge >= 0.3 is 5.97 Å². The average molecular weight is 295 g/mol. The number of allylic oxidation sites excluding steroid dienone is 1. The van der Waals surface area contributed by atoms with E-state index >= 15 is 0 Å². The maximum atomic E-state index is 11.8. The molecule has 0 fully saturated rings. The molecule has 0 bridgehead atoms. The molecule has 0 aliphatic carbocycles. The molecule has 0 saturated heterocycles. The fourth-order valence-electron chi connectivity index (χ4n) is 1.89. The Balaban J connectivity index is 2.73. The van der Waals surface area contributed by atoms with Crippen LogP contribution in [0.5, 0.6) is 0 Å². The first-order valence-electron chi connectivity index (χ1n) is 6.63. The van der Waals surface area contributed by atoms with E-state index in [0.29, 0.717) is 12.3 Å². The molecule has 1 aromatic rings. The maximum Gasteiger partial charge on any atom is 0.355 e. The van der Waals surface area contributed by atoms with Crippen molar-refractivity contribution in [2.45, 2.75) is 34.1 Å². The molecule has 0 unspecified atom stereocenters. The summed E-state index contributed by atoms with van der Waals surface area (Å²) in [5, 5.41) is 0.136. The quantitative estimate of drug-likeness (QED) is 0.644. The summed E-state index contributed by atoms with van der Waals surface area (Å²) in [4.78, 5) is 25.6. The van der Waals surface area contributed by atoms with E-state index in [2.05, 4.69) is 4.98 Å². The fraction of sp³-hybridized carbons (Fsp3) is 0.467. The van der Waals surface area contributed by atoms with E-state index in [1.54, 1.807) is 13.8 Å². The Morgan fingerprint density at radius 2 is 2.05 bits per heavy atom. The van der Waals surface area contributed by atoms with Crippen molar-refractivity contribution in [2.24, 2.45) is 0 Å². The van der Waals surface area contributed by atoms with Crippen LogP contribution in [0.15, 0.2) is 6.08 Å². The van der Waals surface area contributed by atoms with Crippen LogP contribution < -0.4 is 0 Å². The van der Waals surface area contributed by atoms with Crippen molar-refractivity contribution in [1.29, 1.82) is 0 Å². The Bertz CT molecular complexity index is 517. The van der Waals surface area contributed by atoms with Gasteiger partial charge in [-0.25, -0.2) is 4.79 Å². The Morgan fingerprint density at radius 1 is 1.35 bits per heavy atom. The van der Waals surface area contributed by atoms with E-state index in [1.807, 2.05) is 26.0 Å². The van der Waals surface area contributed by atoms with Gasteiger partial charge in [0.25, 0.3) is 0 Å². The summed E-state index contributed by atoms with van der Waals surface area (Å²) in [6.07, 6.45) is 4.84. The molecule has 0 atom stereocenters. The van der Waals surface area contributed by atoms with Crippen LogP contribution in [0, 0.1) is 13.8 Å². The lowest BCUT2D eigenvalue weighted by molar-refractivity contribution is -0.109. The molecule has 0 aliphatic heterocycles. The first-order valence-corrected chi connectivity index (χ1v) is 7.62. The molecule has 1 rings (SSSR count). The van der Waals surface area contributed by atoms with Gasteiger partial charge < -0.3 is 9.72 Å². The molecule has 0 spiro atoms. The number of ether oxygens (including phenoxy) is 1. The Kier molecular flexibility index (Phi) is 6.58. The number of carbonyl (C=O) groups is 2. The van der Waals surface area contributed by atoms with Gasteiger partial charge in [0.15, 0.2) is 5.12 Å². The predicted octanol–water partition coefficient (Wildman–Crippen LogP) is 3.49. The molecule has 0 aliphatic rings. The van der Waals surface area contributed by atoms with Crippen molar-refractivity contribution in [3.8, 4) is 0 Å². The minimum absolute atomic E-state index is 0.136. The number of hydrogen-bond acceptors (Lipinski definition) is 4. The lowest BCUT2D eigenvalue weighted by atomic mass is 10.1. The Hall–Kier alpha value is -1.49. The topological polar surface area (TPSA) is 59.2 Å². The van der Waals surface area contributed by atoms with Gasteiger partial charge in [0.05, 0.1) is 6.61 Å². The third-order valence-electron chi connectivity index (χ3n) is 2.85. The number of thioether (sulfide) groups is 1. The SMILES string of the molecule is CCOC(=O)c1[nH]c(C)c(C=CCCSC(C)=O)c1C. The third-order valence-corrected chi connectivity index (χ3v) is 3.70. The van der Waals surface area contributed by atoms with Gasteiger partial charge in [0, 0.05) is 18.4 Å². The zero-order valence-corrected chi connectivity index (χ0v) is 13.2. The molecule has 1 aromatic heterocycles. The summed E-state index contributed by atoms with van der Waals surface area (Å²) in [7, 11) is 0. The van der Waals surface area contributed by atoms with Crippen LogP contribution in [-0.2, 0) is 9.53 Å². The molecule has 4 nitrogen and oxygen atoms in total. The number of aromatic nitrogens is 1. The molecule has 20 heavy (non-hydrogen) atoms. The van der Waals surface area contributed by atoms with Gasteiger partial charge in [-0.15, -0.1) is 0 Å². The summed E-state index contributed by atoms with van der Waals surface area (Å²) in [5.41, 5.74) is 3.38. The van der Waals surface area contributed by atoms with Gasteiger partial charge in [-0.2, -0.15) is 0 Å². The molecular weight excluding hydrogens is 274 g/mol. The molecule has 1 heterocycles. The minimum atomic E-state index is -0.320. The monoisotopic (exact) mass is 295 g/mol. The highest BCUT2D eigenvalue weighted by molar-refractivity contribution is 8.13. The summed E-state index contributed by atoms with van der Waals surface area (Å²) in [5.74, 6) is 0.457. The zero-order valence-electron chi connectivity index (χ0n) is 12.4. The second-order valence-electron chi connectivity index (χ2n) is 4.42. The molecule has 0 saturated carbocycles. The van der Waals surface area contributed by atoms with Crippen molar-refractivity contribution in [3.63, 3.8) is 0 Å². The first-order chi connectivity index (χ1) is 9.47. The van der Waals surface area contributed by atoms with Crippen LogP contribution in [0.2, 0.25) is 0 Å². The lowest BCUT2D eigenvalue weighted by Crippen LogP contribution is -2.06. The smallest absolute Gasteiger partial charge is 0.355 e. The number of aromatic amines is 1. The highest BCUT2D eigenvalue weighted by atomic mass is 32.2. The second kappa shape index (κ2) is 7.94. The van der Waals surface area contributed by atoms with E-state index < -0.39 is 0 Å². The molecular formula is C15H21NO3S. The van der Waals surface area contributed by atoms with Crippen molar-refractivity contribution < 1.29 is 14.3 Å². The number of hydrogen-bond donors (Lipinski definition) is 1. The summed E-state index contributed by atoms with van der Waals surface area (Å²) < 4.78 is 5.01. The van der Waals surface area contributed by atoms with E-state index in [9.17, 15) is 9.59 Å². The molecule has 110 valence electrons. The third kappa shape index (κ3) is 4.56. The van der Waals surface area contributed by atoms with E-state index in [4.69, 9.17) is 4.74 Å². The van der Waals surface area contributed by atoms with Crippen molar-refractivity contribution >= 4 is 28.9 Å². The zero-order chi connectivity index (χ0) is 15.1. The van der Waals surface area contributed by atoms with Crippen molar-refractivity contribution in [3.05, 3.63) is 28.6 Å². The van der Waals surface area contributed by atoms with Crippen LogP contribution in [0.4, 0.5) is 0 Å². The highest BCUT2D eigenvalue weighted by Crippen LogP contribution is 2.20. The van der Waals surface area contributed by atoms with Crippen LogP contribution in [-0.4, -0.2) is 28.4 Å². The van der Waals surface area contributed by atoms with Crippen LogP contribution in [0.25, 0.3) is 6.08 Å². The summed E-state index contributed by atoms with van der Waals surface area (Å²) >= 11 is 1.32. The van der Waals surface area contributed by atoms with Crippen LogP contribution >= 0.6 is 11.8 Å². The summed E-state index contributed by atoms with van der Waals surface area (Å²) in [6.45, 7) is 7.56. The van der Waals surface area contributed by atoms with E-state index in [1.165, 1.54) is 11.8 Å². The van der Waals surface area contributed by atoms with E-state index in [-0.39, 0.29) is 11.1 Å². The van der Waals surface area contributed by atoms with E-state index in [0.717, 1.165) is 29.0 Å². The standard InChI is InChI=1S/C15H21NO3S/c1-5-19-15(18)14-10(2)13(11(3)16-14)8-6-7-9-20-12(4)17/h6,8,16H,5,7,9H2,1-4H3. The molecule has 1 N–H and O–H groups in total. The van der Waals surface area contributed by atoms with Crippen molar-refractivity contribution in [1.82, 2.24) is 4.98 Å². The Morgan fingerprint density at radius 3 is 2.65 bits per heavy atom. The van der Waals surface area contributed by atoms with Gasteiger partial charge in [0.1, 0.15) is 5.69 Å². The minimum Gasteiger partial charge on any atom is -0.461 e. The number of nitrogens with one attached hydrogen (secondary N) is 1. The predicted molar refractivity (Wildman–Crippen MR) is 83.0 cm³/mol. The van der Waals surface area contributed by atoms with Crippen molar-refractivity contribution in [2.75, 3.05) is 12.4 Å². The number of rotatable bonds is 6.